The van der Waals surface area contributed by atoms with E-state index in [1.54, 1.807) is 0 Å². The summed E-state index contributed by atoms with van der Waals surface area (Å²) in [5.74, 6) is 0.768. The average molecular weight is 371 g/mol. The normalized spacial score (nSPS) is 15.0. The average Bonchev–Trinajstić information content (AvgIpc) is 2.48. The third-order valence-electron chi connectivity index (χ3n) is 3.57. The molecule has 1 aliphatic rings. The summed E-state index contributed by atoms with van der Waals surface area (Å²) in [6, 6.07) is 7.61. The van der Waals surface area contributed by atoms with Gasteiger partial charge in [0.25, 0.3) is 0 Å². The fourth-order valence-corrected chi connectivity index (χ4v) is 2.42. The van der Waals surface area contributed by atoms with Gasteiger partial charge in [0.15, 0.2) is 0 Å². The van der Waals surface area contributed by atoms with Crippen molar-refractivity contribution in [1.82, 2.24) is 15.1 Å². The molecule has 1 aliphatic heterocycles. The summed E-state index contributed by atoms with van der Waals surface area (Å²) < 4.78 is 5.70. The molecule has 7 heteroatoms. The highest BCUT2D eigenvalue weighted by molar-refractivity contribution is 6.32. The van der Waals surface area contributed by atoms with E-state index in [1.165, 1.54) is 0 Å². The molecular weight excluding hydrogens is 345 g/mol. The number of nitrogens with zero attached hydrogens (tertiary/aromatic N) is 2. The molecule has 0 unspecified atom stereocenters. The minimum atomic E-state index is 0. The highest BCUT2D eigenvalue weighted by atomic mass is 35.5. The number of likely N-dealkylation sites (N-methyl/N-ethyl adjacent to an activating group) is 1. The molecule has 0 saturated carbocycles. The zero-order valence-corrected chi connectivity index (χ0v) is 15.4. The lowest BCUT2D eigenvalue weighted by Gasteiger charge is -2.29. The molecule has 22 heavy (non-hydrogen) atoms. The maximum absolute atomic E-state index is 6.05. The minimum absolute atomic E-state index is 0. The van der Waals surface area contributed by atoms with E-state index < -0.39 is 0 Å². The van der Waals surface area contributed by atoms with Crippen LogP contribution in [-0.4, -0.2) is 69.3 Å². The number of piperazine rings is 1. The Hall–Kier alpha value is -0.230. The van der Waals surface area contributed by atoms with Crippen LogP contribution in [0.15, 0.2) is 24.3 Å². The molecule has 0 radical (unpaired) electrons. The molecule has 4 nitrogen and oxygen atoms in total. The Morgan fingerprint density at radius 2 is 1.86 bits per heavy atom. The highest BCUT2D eigenvalue weighted by Gasteiger charge is 2.10. The third kappa shape index (κ3) is 7.86. The van der Waals surface area contributed by atoms with E-state index in [0.29, 0.717) is 11.6 Å². The smallest absolute Gasteiger partial charge is 0.137 e. The van der Waals surface area contributed by atoms with Gasteiger partial charge >= 0.3 is 0 Å². The first-order valence-electron chi connectivity index (χ1n) is 7.24. The zero-order valence-electron chi connectivity index (χ0n) is 13.0. The highest BCUT2D eigenvalue weighted by Crippen LogP contribution is 2.22. The molecule has 0 spiro atoms. The van der Waals surface area contributed by atoms with Crippen molar-refractivity contribution >= 4 is 36.4 Å². The Bertz CT molecular complexity index is 403. The number of benzene rings is 1. The van der Waals surface area contributed by atoms with Crippen LogP contribution in [0.4, 0.5) is 0 Å². The van der Waals surface area contributed by atoms with Crippen molar-refractivity contribution in [2.24, 2.45) is 0 Å². The van der Waals surface area contributed by atoms with Crippen molar-refractivity contribution in [3.05, 3.63) is 29.3 Å². The van der Waals surface area contributed by atoms with E-state index in [-0.39, 0.29) is 24.8 Å². The Labute approximate surface area is 151 Å². The Balaban J connectivity index is 0.00000220. The Kier molecular flexibility index (Phi) is 12.1. The first-order valence-corrected chi connectivity index (χ1v) is 7.62. The fourth-order valence-electron chi connectivity index (χ4n) is 2.23. The van der Waals surface area contributed by atoms with Crippen LogP contribution in [0.25, 0.3) is 0 Å². The Morgan fingerprint density at radius 3 is 2.55 bits per heavy atom. The Morgan fingerprint density at radius 1 is 1.18 bits per heavy atom. The van der Waals surface area contributed by atoms with Crippen molar-refractivity contribution in [2.75, 3.05) is 59.5 Å². The fraction of sp³-hybridized carbons (Fsp3) is 0.600. The monoisotopic (exact) mass is 369 g/mol. The lowest BCUT2D eigenvalue weighted by molar-refractivity contribution is 0.187. The second-order valence-corrected chi connectivity index (χ2v) is 5.58. The van der Waals surface area contributed by atoms with Gasteiger partial charge in [-0.15, -0.1) is 24.8 Å². The first-order chi connectivity index (χ1) is 9.75. The summed E-state index contributed by atoms with van der Waals surface area (Å²) in [6.07, 6.45) is 0. The van der Waals surface area contributed by atoms with E-state index >= 15 is 0 Å². The predicted molar refractivity (Wildman–Crippen MR) is 98.2 cm³/mol. The molecule has 0 atom stereocenters. The lowest BCUT2D eigenvalue weighted by Crippen LogP contribution is -2.46. The van der Waals surface area contributed by atoms with Gasteiger partial charge in [-0.2, -0.15) is 0 Å². The van der Waals surface area contributed by atoms with Crippen LogP contribution < -0.4 is 10.1 Å². The van der Waals surface area contributed by atoms with Gasteiger partial charge in [0.1, 0.15) is 12.4 Å². The number of ether oxygens (including phenoxy) is 1. The molecule has 1 N–H and O–H groups in total. The largest absolute Gasteiger partial charge is 0.491 e. The number of nitrogens with one attached hydrogen (secondary N) is 1. The van der Waals surface area contributed by atoms with Gasteiger partial charge in [0, 0.05) is 45.8 Å². The maximum atomic E-state index is 6.05. The van der Waals surface area contributed by atoms with Crippen molar-refractivity contribution in [3.63, 3.8) is 0 Å². The number of rotatable bonds is 7. The van der Waals surface area contributed by atoms with Crippen LogP contribution in [0.5, 0.6) is 5.75 Å². The number of para-hydroxylation sites is 1. The minimum Gasteiger partial charge on any atom is -0.491 e. The predicted octanol–water partition coefficient (Wildman–Crippen LogP) is 2.40. The quantitative estimate of drug-likeness (QED) is 0.797. The number of hydrogen-bond acceptors (Lipinski definition) is 4. The first kappa shape index (κ1) is 21.8. The topological polar surface area (TPSA) is 27.7 Å². The van der Waals surface area contributed by atoms with Crippen molar-refractivity contribution in [2.45, 2.75) is 0 Å². The molecule has 1 heterocycles. The van der Waals surface area contributed by atoms with Gasteiger partial charge in [-0.3, -0.25) is 4.90 Å². The van der Waals surface area contributed by atoms with Crippen LogP contribution in [0.1, 0.15) is 0 Å². The molecule has 0 bridgehead atoms. The van der Waals surface area contributed by atoms with Crippen LogP contribution in [0, 0.1) is 0 Å². The van der Waals surface area contributed by atoms with Gasteiger partial charge in [-0.1, -0.05) is 23.7 Å². The second kappa shape index (κ2) is 12.2. The molecule has 0 amide bonds. The van der Waals surface area contributed by atoms with Gasteiger partial charge in [-0.05, 0) is 19.2 Å². The van der Waals surface area contributed by atoms with Gasteiger partial charge < -0.3 is 15.0 Å². The number of hydrogen-bond donors (Lipinski definition) is 1. The maximum Gasteiger partial charge on any atom is 0.137 e. The van der Waals surface area contributed by atoms with Crippen molar-refractivity contribution < 1.29 is 4.74 Å². The summed E-state index contributed by atoms with van der Waals surface area (Å²) in [6.45, 7) is 8.32. The SMILES string of the molecule is CN(CCOc1ccccc1Cl)CCN1CCNCC1.Cl.Cl. The van der Waals surface area contributed by atoms with E-state index in [9.17, 15) is 0 Å². The summed E-state index contributed by atoms with van der Waals surface area (Å²) in [4.78, 5) is 4.81. The molecular formula is C15H26Cl3N3O. The summed E-state index contributed by atoms with van der Waals surface area (Å²) in [5, 5.41) is 4.05. The lowest BCUT2D eigenvalue weighted by atomic mass is 10.3. The number of halogens is 3. The van der Waals surface area contributed by atoms with Crippen molar-refractivity contribution in [1.29, 1.82) is 0 Å². The molecule has 0 aromatic heterocycles. The standard InChI is InChI=1S/C15H24ClN3O.2ClH/c1-18(10-11-19-8-6-17-7-9-19)12-13-20-15-5-3-2-4-14(15)16;;/h2-5,17H,6-13H2,1H3;2*1H. The molecule has 2 rings (SSSR count). The van der Waals surface area contributed by atoms with Crippen LogP contribution in [0.3, 0.4) is 0 Å². The molecule has 1 saturated heterocycles. The van der Waals surface area contributed by atoms with Crippen molar-refractivity contribution in [3.8, 4) is 5.75 Å². The molecule has 1 fully saturated rings. The summed E-state index contributed by atoms with van der Waals surface area (Å²) >= 11 is 6.05. The molecule has 128 valence electrons. The van der Waals surface area contributed by atoms with Gasteiger partial charge in [0.05, 0.1) is 5.02 Å². The summed E-state index contributed by atoms with van der Waals surface area (Å²) in [7, 11) is 2.14. The van der Waals surface area contributed by atoms with E-state index in [1.807, 2.05) is 24.3 Å². The van der Waals surface area contributed by atoms with Crippen LogP contribution in [-0.2, 0) is 0 Å². The van der Waals surface area contributed by atoms with E-state index in [4.69, 9.17) is 16.3 Å². The summed E-state index contributed by atoms with van der Waals surface area (Å²) in [5.41, 5.74) is 0. The molecule has 1 aromatic rings. The zero-order chi connectivity index (χ0) is 14.2. The molecule has 0 aliphatic carbocycles. The van der Waals surface area contributed by atoms with E-state index in [2.05, 4.69) is 22.2 Å². The van der Waals surface area contributed by atoms with Gasteiger partial charge in [-0.25, -0.2) is 0 Å². The van der Waals surface area contributed by atoms with Gasteiger partial charge in [0.2, 0.25) is 0 Å². The second-order valence-electron chi connectivity index (χ2n) is 5.17. The third-order valence-corrected chi connectivity index (χ3v) is 3.89. The molecule has 1 aromatic carbocycles. The van der Waals surface area contributed by atoms with Crippen LogP contribution >= 0.6 is 36.4 Å². The van der Waals surface area contributed by atoms with E-state index in [0.717, 1.165) is 51.6 Å². The van der Waals surface area contributed by atoms with Crippen LogP contribution in [0.2, 0.25) is 5.02 Å².